The first-order chi connectivity index (χ1) is 15.4. The molecule has 3 atom stereocenters. The maximum atomic E-state index is 12.9. The van der Waals surface area contributed by atoms with Gasteiger partial charge < -0.3 is 8.94 Å². The number of nitro groups is 2. The molecule has 12 nitrogen and oxygen atoms in total. The van der Waals surface area contributed by atoms with Crippen molar-refractivity contribution in [3.63, 3.8) is 0 Å². The Labute approximate surface area is 180 Å². The zero-order chi connectivity index (χ0) is 22.6. The molecule has 0 radical (unpaired) electrons. The largest absolute Gasteiger partial charge is 0.468 e. The van der Waals surface area contributed by atoms with Gasteiger partial charge in [0.05, 0.1) is 34.1 Å². The van der Waals surface area contributed by atoms with Crippen LogP contribution in [0.5, 0.6) is 0 Å². The van der Waals surface area contributed by atoms with Crippen LogP contribution in [0.15, 0.2) is 51.6 Å². The molecular formula is C20H17N5O7. The highest BCUT2D eigenvalue weighted by Crippen LogP contribution is 2.57. The number of nitrogens with zero attached hydrogens (tertiary/aromatic N) is 5. The van der Waals surface area contributed by atoms with Crippen LogP contribution < -0.4 is 0 Å². The van der Waals surface area contributed by atoms with Crippen molar-refractivity contribution in [3.8, 4) is 0 Å². The summed E-state index contributed by atoms with van der Waals surface area (Å²) in [5.74, 6) is -0.346. The van der Waals surface area contributed by atoms with Crippen molar-refractivity contribution in [1.82, 2.24) is 15.2 Å². The third-order valence-electron chi connectivity index (χ3n) is 5.97. The fraction of sp³-hybridized carbons (Fsp3) is 0.300. The first-order valence-corrected chi connectivity index (χ1v) is 9.85. The summed E-state index contributed by atoms with van der Waals surface area (Å²) < 4.78 is 11.1. The maximum Gasteiger partial charge on any atom is 0.334 e. The lowest BCUT2D eigenvalue weighted by Crippen LogP contribution is -2.35. The van der Waals surface area contributed by atoms with Crippen molar-refractivity contribution in [2.75, 3.05) is 6.54 Å². The van der Waals surface area contributed by atoms with Gasteiger partial charge in [-0.25, -0.2) is 5.01 Å². The molecular weight excluding hydrogens is 422 g/mol. The number of amides is 1. The number of aryl methyl sites for hydroxylation is 1. The smallest absolute Gasteiger partial charge is 0.334 e. The highest BCUT2D eigenvalue weighted by molar-refractivity contribution is 5.79. The quantitative estimate of drug-likeness (QED) is 0.430. The van der Waals surface area contributed by atoms with Crippen LogP contribution in [-0.2, 0) is 4.79 Å². The molecule has 2 fully saturated rings. The van der Waals surface area contributed by atoms with Crippen LogP contribution in [0, 0.1) is 27.2 Å². The van der Waals surface area contributed by atoms with Crippen molar-refractivity contribution in [2.24, 2.45) is 0 Å². The van der Waals surface area contributed by atoms with Crippen LogP contribution in [0.4, 0.5) is 11.4 Å². The summed E-state index contributed by atoms with van der Waals surface area (Å²) in [7, 11) is 0. The number of non-ortho nitro benzene ring substituents is 1. The van der Waals surface area contributed by atoms with E-state index in [9.17, 15) is 25.0 Å². The number of carbonyl (C=O) groups excluding carboxylic acids is 1. The number of fused-ring (bicyclic) bond motifs is 1. The summed E-state index contributed by atoms with van der Waals surface area (Å²) in [5.41, 5.74) is 0.350. The van der Waals surface area contributed by atoms with Gasteiger partial charge in [-0.1, -0.05) is 17.3 Å². The molecule has 2 saturated heterocycles. The number of hydrogen-bond donors (Lipinski definition) is 0. The fourth-order valence-electron chi connectivity index (χ4n) is 4.71. The average Bonchev–Trinajstić information content (AvgIpc) is 3.53. The summed E-state index contributed by atoms with van der Waals surface area (Å²) in [6.07, 6.45) is 1.76. The Morgan fingerprint density at radius 1 is 1.09 bits per heavy atom. The van der Waals surface area contributed by atoms with E-state index in [-0.39, 0.29) is 35.2 Å². The molecule has 2 aliphatic heterocycles. The first-order valence-electron chi connectivity index (χ1n) is 9.85. The third kappa shape index (κ3) is 2.87. The topological polar surface area (TPSA) is 149 Å². The van der Waals surface area contributed by atoms with E-state index < -0.39 is 27.8 Å². The number of benzene rings is 1. The Morgan fingerprint density at radius 3 is 2.47 bits per heavy atom. The molecule has 0 bridgehead atoms. The molecule has 0 aliphatic carbocycles. The molecule has 5 rings (SSSR count). The molecule has 12 heteroatoms. The second-order valence-electron chi connectivity index (χ2n) is 7.67. The average molecular weight is 439 g/mol. The van der Waals surface area contributed by atoms with E-state index in [1.807, 2.05) is 5.01 Å². The van der Waals surface area contributed by atoms with Gasteiger partial charge in [-0.05, 0) is 24.6 Å². The molecule has 0 N–H and O–H groups in total. The van der Waals surface area contributed by atoms with Crippen molar-refractivity contribution < 1.29 is 23.6 Å². The van der Waals surface area contributed by atoms with Gasteiger partial charge in [0.25, 0.3) is 5.69 Å². The van der Waals surface area contributed by atoms with Gasteiger partial charge in [-0.15, -0.1) is 0 Å². The molecule has 4 heterocycles. The van der Waals surface area contributed by atoms with E-state index in [0.717, 1.165) is 0 Å². The fourth-order valence-corrected chi connectivity index (χ4v) is 4.71. The zero-order valence-electron chi connectivity index (χ0n) is 16.8. The Bertz CT molecular complexity index is 1200. The third-order valence-corrected chi connectivity index (χ3v) is 5.97. The highest BCUT2D eigenvalue weighted by Gasteiger charge is 2.58. The molecule has 0 saturated carbocycles. The van der Waals surface area contributed by atoms with E-state index in [0.29, 0.717) is 17.9 Å². The summed E-state index contributed by atoms with van der Waals surface area (Å²) in [5, 5.41) is 30.1. The van der Waals surface area contributed by atoms with Crippen molar-refractivity contribution in [2.45, 2.75) is 31.3 Å². The van der Waals surface area contributed by atoms with Crippen LogP contribution in [0.2, 0.25) is 0 Å². The minimum atomic E-state index is -0.728. The van der Waals surface area contributed by atoms with Gasteiger partial charge in [0.15, 0.2) is 5.69 Å². The first kappa shape index (κ1) is 19.9. The van der Waals surface area contributed by atoms with Gasteiger partial charge in [-0.2, -0.15) is 0 Å². The molecule has 164 valence electrons. The SMILES string of the molecule is Cc1noc(C2C(c3ccco3)N3CCC(=O)N3C2c2ccc([N+](=O)[O-])cc2)c1[N+](=O)[O-]. The summed E-state index contributed by atoms with van der Waals surface area (Å²) in [6.45, 7) is 1.88. The van der Waals surface area contributed by atoms with Crippen molar-refractivity contribution >= 4 is 17.3 Å². The summed E-state index contributed by atoms with van der Waals surface area (Å²) in [4.78, 5) is 34.8. The van der Waals surface area contributed by atoms with E-state index >= 15 is 0 Å². The second-order valence-corrected chi connectivity index (χ2v) is 7.67. The molecule has 1 amide bonds. The van der Waals surface area contributed by atoms with Crippen LogP contribution in [0.1, 0.15) is 47.2 Å². The minimum absolute atomic E-state index is 0.0273. The molecule has 2 aliphatic rings. The predicted octanol–water partition coefficient (Wildman–Crippen LogP) is 3.42. The van der Waals surface area contributed by atoms with Gasteiger partial charge >= 0.3 is 5.69 Å². The molecule has 3 unspecified atom stereocenters. The normalized spacial score (nSPS) is 23.0. The van der Waals surface area contributed by atoms with Gasteiger partial charge in [0.1, 0.15) is 5.76 Å². The molecule has 1 aromatic carbocycles. The lowest BCUT2D eigenvalue weighted by atomic mass is 9.84. The summed E-state index contributed by atoms with van der Waals surface area (Å²) >= 11 is 0. The minimum Gasteiger partial charge on any atom is -0.468 e. The number of aromatic nitrogens is 1. The summed E-state index contributed by atoms with van der Waals surface area (Å²) in [6, 6.07) is 7.97. The van der Waals surface area contributed by atoms with Crippen molar-refractivity contribution in [1.29, 1.82) is 0 Å². The number of hydrogen-bond acceptors (Lipinski definition) is 9. The Morgan fingerprint density at radius 2 is 1.84 bits per heavy atom. The van der Waals surface area contributed by atoms with E-state index in [4.69, 9.17) is 8.94 Å². The number of nitro benzene ring substituents is 1. The van der Waals surface area contributed by atoms with E-state index in [1.54, 1.807) is 29.3 Å². The molecule has 32 heavy (non-hydrogen) atoms. The second kappa shape index (κ2) is 7.27. The van der Waals surface area contributed by atoms with Gasteiger partial charge in [0.2, 0.25) is 11.7 Å². The molecule has 0 spiro atoms. The predicted molar refractivity (Wildman–Crippen MR) is 106 cm³/mol. The number of hydrazine groups is 1. The van der Waals surface area contributed by atoms with Crippen LogP contribution in [-0.4, -0.2) is 37.5 Å². The number of carbonyl (C=O) groups is 1. The monoisotopic (exact) mass is 439 g/mol. The van der Waals surface area contributed by atoms with Crippen LogP contribution in [0.3, 0.4) is 0 Å². The Hall–Kier alpha value is -4.06. The van der Waals surface area contributed by atoms with Gasteiger partial charge in [0, 0.05) is 25.1 Å². The van der Waals surface area contributed by atoms with Gasteiger partial charge in [-0.3, -0.25) is 30.0 Å². The Balaban J connectivity index is 1.72. The number of rotatable bonds is 5. The number of furan rings is 1. The van der Waals surface area contributed by atoms with E-state index in [1.165, 1.54) is 25.3 Å². The highest BCUT2D eigenvalue weighted by atomic mass is 16.6. The van der Waals surface area contributed by atoms with Crippen LogP contribution >= 0.6 is 0 Å². The van der Waals surface area contributed by atoms with Crippen LogP contribution in [0.25, 0.3) is 0 Å². The van der Waals surface area contributed by atoms with E-state index in [2.05, 4.69) is 5.16 Å². The zero-order valence-corrected chi connectivity index (χ0v) is 16.8. The lowest BCUT2D eigenvalue weighted by molar-refractivity contribution is -0.386. The Kier molecular flexibility index (Phi) is 4.51. The molecule has 3 aromatic rings. The standard InChI is InChI=1S/C20H17N5O7/c1-11-17(25(29)30)20(32-21-11)16-18(12-4-6-13(7-5-12)24(27)28)23-15(26)8-9-22(23)19(16)14-3-2-10-31-14/h2-7,10,16,18-19H,8-9H2,1H3. The lowest BCUT2D eigenvalue weighted by Gasteiger charge is -2.26. The van der Waals surface area contributed by atoms with Crippen molar-refractivity contribution in [3.05, 3.63) is 85.7 Å². The maximum absolute atomic E-state index is 12.9. The molecule has 2 aromatic heterocycles.